The fourth-order valence-electron chi connectivity index (χ4n) is 1.03. The molecule has 1 aromatic carbocycles. The van der Waals surface area contributed by atoms with E-state index < -0.39 is 11.7 Å². The van der Waals surface area contributed by atoms with Gasteiger partial charge < -0.3 is 5.32 Å². The van der Waals surface area contributed by atoms with Gasteiger partial charge in [-0.05, 0) is 24.1 Å². The number of alkyl halides is 3. The number of benzene rings is 1. The molecule has 0 fully saturated rings. The first-order valence-electron chi connectivity index (χ1n) is 4.72. The minimum atomic E-state index is -4.28. The zero-order chi connectivity index (χ0) is 11.5. The highest BCUT2D eigenvalue weighted by molar-refractivity contribution is 5.43. The second-order valence-corrected chi connectivity index (χ2v) is 3.76. The van der Waals surface area contributed by atoms with Gasteiger partial charge in [0, 0.05) is 18.3 Å². The van der Waals surface area contributed by atoms with Crippen molar-refractivity contribution in [1.82, 2.24) is 0 Å². The second-order valence-electron chi connectivity index (χ2n) is 3.76. The molecule has 0 saturated heterocycles. The number of hydrogen-bond donors (Lipinski definition) is 1. The van der Waals surface area contributed by atoms with Crippen LogP contribution in [0.2, 0.25) is 0 Å². The summed E-state index contributed by atoms with van der Waals surface area (Å²) >= 11 is 0. The van der Waals surface area contributed by atoms with E-state index in [0.717, 1.165) is 18.7 Å². The van der Waals surface area contributed by atoms with Gasteiger partial charge >= 0.3 is 6.18 Å². The topological polar surface area (TPSA) is 12.0 Å². The van der Waals surface area contributed by atoms with Crippen LogP contribution in [0, 0.1) is 12.0 Å². The standard InChI is InChI=1S/C11H13F3N/c1-8(2)7-15-10-5-3-9(4-6-10)11(12,13)14/h3-5,8,15H,7H2,1-2H3. The average molecular weight is 216 g/mol. The molecule has 1 rings (SSSR count). The van der Waals surface area contributed by atoms with Crippen LogP contribution < -0.4 is 5.32 Å². The Morgan fingerprint density at radius 3 is 2.40 bits per heavy atom. The Kier molecular flexibility index (Phi) is 3.61. The monoisotopic (exact) mass is 216 g/mol. The molecule has 0 spiro atoms. The molecule has 0 heterocycles. The third-order valence-electron chi connectivity index (χ3n) is 1.84. The van der Waals surface area contributed by atoms with Crippen molar-refractivity contribution in [3.63, 3.8) is 0 Å². The summed E-state index contributed by atoms with van der Waals surface area (Å²) in [5.74, 6) is 0.445. The molecule has 0 amide bonds. The van der Waals surface area contributed by atoms with E-state index in [-0.39, 0.29) is 0 Å². The number of nitrogens with one attached hydrogen (secondary N) is 1. The third-order valence-corrected chi connectivity index (χ3v) is 1.84. The molecule has 0 bridgehead atoms. The maximum atomic E-state index is 12.2. The van der Waals surface area contributed by atoms with Crippen LogP contribution in [0.1, 0.15) is 19.4 Å². The largest absolute Gasteiger partial charge is 0.416 e. The summed E-state index contributed by atoms with van der Waals surface area (Å²) in [5.41, 5.74) is -0.0747. The summed E-state index contributed by atoms with van der Waals surface area (Å²) in [4.78, 5) is 0. The lowest BCUT2D eigenvalue weighted by atomic mass is 10.2. The zero-order valence-electron chi connectivity index (χ0n) is 8.65. The highest BCUT2D eigenvalue weighted by atomic mass is 19.4. The summed E-state index contributed by atoms with van der Waals surface area (Å²) in [7, 11) is 0. The SMILES string of the molecule is CC(C)CNc1[c]cc(C(F)(F)F)cc1. The maximum Gasteiger partial charge on any atom is 0.416 e. The number of anilines is 1. The Hall–Kier alpha value is -1.19. The molecule has 1 N–H and O–H groups in total. The van der Waals surface area contributed by atoms with E-state index in [0.29, 0.717) is 11.6 Å². The Balaban J connectivity index is 2.65. The molecule has 0 aliphatic heterocycles. The predicted octanol–water partition coefficient (Wildman–Crippen LogP) is 3.57. The molecule has 83 valence electrons. The van der Waals surface area contributed by atoms with Crippen LogP contribution in [0.4, 0.5) is 18.9 Å². The molecule has 0 saturated carbocycles. The molecule has 0 unspecified atom stereocenters. The summed E-state index contributed by atoms with van der Waals surface area (Å²) in [6.45, 7) is 4.77. The minimum Gasteiger partial charge on any atom is -0.384 e. The van der Waals surface area contributed by atoms with Crippen molar-refractivity contribution in [1.29, 1.82) is 0 Å². The van der Waals surface area contributed by atoms with Gasteiger partial charge in [-0.2, -0.15) is 13.2 Å². The average Bonchev–Trinajstić information content (AvgIpc) is 2.14. The lowest BCUT2D eigenvalue weighted by molar-refractivity contribution is -0.137. The van der Waals surface area contributed by atoms with Gasteiger partial charge in [0.2, 0.25) is 0 Å². The van der Waals surface area contributed by atoms with Crippen molar-refractivity contribution in [2.45, 2.75) is 20.0 Å². The van der Waals surface area contributed by atoms with E-state index in [1.165, 1.54) is 6.07 Å². The number of halogens is 3. The van der Waals surface area contributed by atoms with Crippen LogP contribution in [-0.2, 0) is 6.18 Å². The fraction of sp³-hybridized carbons (Fsp3) is 0.455. The fourth-order valence-corrected chi connectivity index (χ4v) is 1.03. The summed E-state index contributed by atoms with van der Waals surface area (Å²) in [6, 6.07) is 5.98. The van der Waals surface area contributed by atoms with Crippen molar-refractivity contribution >= 4 is 5.69 Å². The van der Waals surface area contributed by atoms with E-state index in [9.17, 15) is 13.2 Å². The molecule has 1 nitrogen and oxygen atoms in total. The smallest absolute Gasteiger partial charge is 0.384 e. The molecular weight excluding hydrogens is 203 g/mol. The van der Waals surface area contributed by atoms with Crippen LogP contribution in [0.15, 0.2) is 18.2 Å². The van der Waals surface area contributed by atoms with Crippen LogP contribution in [0.5, 0.6) is 0 Å². The van der Waals surface area contributed by atoms with Crippen LogP contribution in [0.3, 0.4) is 0 Å². The number of rotatable bonds is 3. The van der Waals surface area contributed by atoms with E-state index in [4.69, 9.17) is 0 Å². The summed E-state index contributed by atoms with van der Waals surface area (Å²) in [6.07, 6.45) is -4.28. The summed E-state index contributed by atoms with van der Waals surface area (Å²) in [5, 5.41) is 3.00. The molecular formula is C11H13F3N. The van der Waals surface area contributed by atoms with E-state index in [1.54, 1.807) is 0 Å². The molecule has 1 aromatic rings. The van der Waals surface area contributed by atoms with Gasteiger partial charge in [0.15, 0.2) is 0 Å². The van der Waals surface area contributed by atoms with Crippen LogP contribution in [0.25, 0.3) is 0 Å². The summed E-state index contributed by atoms with van der Waals surface area (Å²) < 4.78 is 36.6. The zero-order valence-corrected chi connectivity index (χ0v) is 8.65. The van der Waals surface area contributed by atoms with Crippen molar-refractivity contribution in [2.75, 3.05) is 11.9 Å². The molecule has 1 radical (unpaired) electrons. The van der Waals surface area contributed by atoms with Gasteiger partial charge in [0.25, 0.3) is 0 Å². The van der Waals surface area contributed by atoms with E-state index in [2.05, 4.69) is 11.4 Å². The molecule has 4 heteroatoms. The maximum absolute atomic E-state index is 12.2. The van der Waals surface area contributed by atoms with Gasteiger partial charge in [-0.25, -0.2) is 0 Å². The Bertz CT molecular complexity index is 301. The Morgan fingerprint density at radius 1 is 1.33 bits per heavy atom. The van der Waals surface area contributed by atoms with Gasteiger partial charge in [0.1, 0.15) is 0 Å². The van der Waals surface area contributed by atoms with Gasteiger partial charge in [-0.15, -0.1) is 0 Å². The Morgan fingerprint density at radius 2 is 2.00 bits per heavy atom. The lowest BCUT2D eigenvalue weighted by Gasteiger charge is -2.10. The third kappa shape index (κ3) is 3.81. The highest BCUT2D eigenvalue weighted by Crippen LogP contribution is 2.29. The van der Waals surface area contributed by atoms with Crippen LogP contribution in [-0.4, -0.2) is 6.54 Å². The first kappa shape index (κ1) is 11.9. The van der Waals surface area contributed by atoms with E-state index in [1.807, 2.05) is 13.8 Å². The first-order valence-corrected chi connectivity index (χ1v) is 4.72. The first-order chi connectivity index (χ1) is 6.89. The lowest BCUT2D eigenvalue weighted by Crippen LogP contribution is -2.09. The van der Waals surface area contributed by atoms with Crippen molar-refractivity contribution in [3.8, 4) is 0 Å². The van der Waals surface area contributed by atoms with Gasteiger partial charge in [0.05, 0.1) is 5.56 Å². The molecule has 0 atom stereocenters. The highest BCUT2D eigenvalue weighted by Gasteiger charge is 2.29. The van der Waals surface area contributed by atoms with Gasteiger partial charge in [-0.3, -0.25) is 0 Å². The molecule has 0 aliphatic rings. The van der Waals surface area contributed by atoms with Crippen molar-refractivity contribution < 1.29 is 13.2 Å². The molecule has 0 aromatic heterocycles. The van der Waals surface area contributed by atoms with Gasteiger partial charge in [-0.1, -0.05) is 13.8 Å². The molecule has 15 heavy (non-hydrogen) atoms. The van der Waals surface area contributed by atoms with Crippen LogP contribution >= 0.6 is 0 Å². The minimum absolute atomic E-state index is 0.445. The van der Waals surface area contributed by atoms with E-state index >= 15 is 0 Å². The Labute approximate surface area is 87.3 Å². The quantitative estimate of drug-likeness (QED) is 0.814. The normalized spacial score (nSPS) is 11.9. The van der Waals surface area contributed by atoms with Crippen molar-refractivity contribution in [2.24, 2.45) is 5.92 Å². The predicted molar refractivity (Wildman–Crippen MR) is 53.6 cm³/mol. The van der Waals surface area contributed by atoms with Crippen molar-refractivity contribution in [3.05, 3.63) is 29.8 Å². The number of hydrogen-bond acceptors (Lipinski definition) is 1. The second kappa shape index (κ2) is 4.55. The molecule has 0 aliphatic carbocycles.